The second-order valence-corrected chi connectivity index (χ2v) is 5.73. The fourth-order valence-electron chi connectivity index (χ4n) is 1.71. The van der Waals surface area contributed by atoms with Crippen molar-refractivity contribution in [3.05, 3.63) is 56.3 Å². The lowest BCUT2D eigenvalue weighted by Crippen LogP contribution is -1.99. The highest BCUT2D eigenvalue weighted by molar-refractivity contribution is 7.14. The predicted octanol–water partition coefficient (Wildman–Crippen LogP) is 4.21. The lowest BCUT2D eigenvalue weighted by molar-refractivity contribution is 0.104. The fourth-order valence-corrected chi connectivity index (χ4v) is 2.71. The van der Waals surface area contributed by atoms with E-state index in [-0.39, 0.29) is 5.78 Å². The summed E-state index contributed by atoms with van der Waals surface area (Å²) in [4.78, 5) is 14.3. The summed E-state index contributed by atoms with van der Waals surface area (Å²) >= 11 is 1.58. The summed E-state index contributed by atoms with van der Waals surface area (Å²) in [6.45, 7) is 8.19. The highest BCUT2D eigenvalue weighted by Gasteiger charge is 2.13. The molecule has 0 fully saturated rings. The van der Waals surface area contributed by atoms with Crippen LogP contribution in [0.15, 0.2) is 24.3 Å². The minimum Gasteiger partial charge on any atom is -0.288 e. The summed E-state index contributed by atoms with van der Waals surface area (Å²) in [6, 6.07) is 7.88. The molecule has 0 aliphatic carbocycles. The monoisotopic (exact) mass is 244 g/mol. The van der Waals surface area contributed by atoms with Crippen molar-refractivity contribution in [2.45, 2.75) is 27.7 Å². The molecule has 0 aliphatic heterocycles. The highest BCUT2D eigenvalue weighted by Crippen LogP contribution is 2.24. The van der Waals surface area contributed by atoms with Crippen molar-refractivity contribution < 1.29 is 4.79 Å². The summed E-state index contributed by atoms with van der Waals surface area (Å²) in [5.41, 5.74) is 4.37. The molecule has 2 aromatic rings. The van der Waals surface area contributed by atoms with Crippen LogP contribution in [0.2, 0.25) is 0 Å². The molecule has 0 amide bonds. The second-order valence-electron chi connectivity index (χ2n) is 4.48. The van der Waals surface area contributed by atoms with E-state index in [1.54, 1.807) is 11.3 Å². The smallest absolute Gasteiger partial charge is 0.202 e. The van der Waals surface area contributed by atoms with Crippen LogP contribution in [0.4, 0.5) is 0 Å². The number of hydrogen-bond acceptors (Lipinski definition) is 2. The first-order chi connectivity index (χ1) is 7.99. The molecule has 0 unspecified atom stereocenters. The molecule has 0 aliphatic rings. The average Bonchev–Trinajstić information content (AvgIpc) is 2.62. The van der Waals surface area contributed by atoms with Crippen molar-refractivity contribution >= 4 is 17.1 Å². The van der Waals surface area contributed by atoms with Gasteiger partial charge in [-0.1, -0.05) is 12.1 Å². The number of ketones is 1. The summed E-state index contributed by atoms with van der Waals surface area (Å²) in [5, 5.41) is 0. The van der Waals surface area contributed by atoms with Crippen molar-refractivity contribution in [1.82, 2.24) is 0 Å². The first-order valence-electron chi connectivity index (χ1n) is 5.68. The van der Waals surface area contributed by atoms with Crippen LogP contribution < -0.4 is 0 Å². The van der Waals surface area contributed by atoms with E-state index in [4.69, 9.17) is 0 Å². The largest absolute Gasteiger partial charge is 0.288 e. The molecule has 0 atom stereocenters. The van der Waals surface area contributed by atoms with Crippen molar-refractivity contribution in [3.63, 3.8) is 0 Å². The lowest BCUT2D eigenvalue weighted by Gasteiger charge is -2.03. The first kappa shape index (κ1) is 12.1. The maximum absolute atomic E-state index is 12.3. The number of carbonyl (C=O) groups excluding carboxylic acids is 1. The first-order valence-corrected chi connectivity index (χ1v) is 6.49. The van der Waals surface area contributed by atoms with Crippen LogP contribution in [-0.4, -0.2) is 5.78 Å². The van der Waals surface area contributed by atoms with E-state index in [0.717, 1.165) is 10.4 Å². The maximum atomic E-state index is 12.3. The van der Waals surface area contributed by atoms with Gasteiger partial charge >= 0.3 is 0 Å². The predicted molar refractivity (Wildman–Crippen MR) is 73.1 cm³/mol. The molecule has 0 saturated heterocycles. The molecule has 2 rings (SSSR count). The summed E-state index contributed by atoms with van der Waals surface area (Å²) in [5.74, 6) is 0.134. The van der Waals surface area contributed by atoms with Crippen LogP contribution in [0.25, 0.3) is 0 Å². The zero-order valence-electron chi connectivity index (χ0n) is 10.6. The Labute approximate surface area is 106 Å². The van der Waals surface area contributed by atoms with Gasteiger partial charge in [-0.25, -0.2) is 0 Å². The van der Waals surface area contributed by atoms with E-state index in [1.807, 2.05) is 38.1 Å². The van der Waals surface area contributed by atoms with Crippen LogP contribution in [0.5, 0.6) is 0 Å². The zero-order valence-corrected chi connectivity index (χ0v) is 11.4. The molecule has 1 aromatic carbocycles. The third-order valence-electron chi connectivity index (χ3n) is 3.16. The SMILES string of the molecule is Cc1ccc(C(=O)c2cc(C)c(C)s2)cc1C. The fraction of sp³-hybridized carbons (Fsp3) is 0.267. The number of benzene rings is 1. The van der Waals surface area contributed by atoms with E-state index in [9.17, 15) is 4.79 Å². The van der Waals surface area contributed by atoms with Gasteiger partial charge < -0.3 is 0 Å². The standard InChI is InChI=1S/C15H16OS/c1-9-5-6-13(7-10(9)2)15(16)14-8-11(3)12(4)17-14/h5-8H,1-4H3. The van der Waals surface area contributed by atoms with Gasteiger partial charge in [0.15, 0.2) is 0 Å². The molecule has 0 bridgehead atoms. The van der Waals surface area contributed by atoms with E-state index in [1.165, 1.54) is 21.6 Å². The van der Waals surface area contributed by atoms with E-state index >= 15 is 0 Å². The minimum absolute atomic E-state index is 0.134. The molecule has 0 radical (unpaired) electrons. The molecular weight excluding hydrogens is 228 g/mol. The maximum Gasteiger partial charge on any atom is 0.202 e. The van der Waals surface area contributed by atoms with Crippen LogP contribution in [0, 0.1) is 27.7 Å². The number of thiophene rings is 1. The molecule has 17 heavy (non-hydrogen) atoms. The van der Waals surface area contributed by atoms with Crippen molar-refractivity contribution in [3.8, 4) is 0 Å². The normalized spacial score (nSPS) is 10.6. The molecule has 0 saturated carbocycles. The van der Waals surface area contributed by atoms with Gasteiger partial charge in [-0.05, 0) is 56.5 Å². The van der Waals surface area contributed by atoms with Gasteiger partial charge in [0.25, 0.3) is 0 Å². The van der Waals surface area contributed by atoms with Crippen LogP contribution in [-0.2, 0) is 0 Å². The summed E-state index contributed by atoms with van der Waals surface area (Å²) < 4.78 is 0. The Hall–Kier alpha value is -1.41. The van der Waals surface area contributed by atoms with E-state index < -0.39 is 0 Å². The van der Waals surface area contributed by atoms with Crippen LogP contribution in [0.3, 0.4) is 0 Å². The van der Waals surface area contributed by atoms with E-state index in [2.05, 4.69) is 13.8 Å². The summed E-state index contributed by atoms with van der Waals surface area (Å²) in [7, 11) is 0. The average molecular weight is 244 g/mol. The van der Waals surface area contributed by atoms with Crippen LogP contribution >= 0.6 is 11.3 Å². The van der Waals surface area contributed by atoms with Crippen molar-refractivity contribution in [1.29, 1.82) is 0 Å². The van der Waals surface area contributed by atoms with Crippen molar-refractivity contribution in [2.75, 3.05) is 0 Å². The number of rotatable bonds is 2. The third kappa shape index (κ3) is 2.32. The van der Waals surface area contributed by atoms with Gasteiger partial charge in [-0.2, -0.15) is 0 Å². The minimum atomic E-state index is 0.134. The second kappa shape index (κ2) is 4.46. The van der Waals surface area contributed by atoms with Gasteiger partial charge in [-0.15, -0.1) is 11.3 Å². The molecule has 1 aromatic heterocycles. The number of carbonyl (C=O) groups is 1. The summed E-state index contributed by atoms with van der Waals surface area (Å²) in [6.07, 6.45) is 0. The van der Waals surface area contributed by atoms with Gasteiger partial charge in [-0.3, -0.25) is 4.79 Å². The Balaban J connectivity index is 2.40. The quantitative estimate of drug-likeness (QED) is 0.723. The Bertz CT molecular complexity index is 559. The molecule has 0 spiro atoms. The Morgan fingerprint density at radius 3 is 2.18 bits per heavy atom. The van der Waals surface area contributed by atoms with Gasteiger partial charge in [0.2, 0.25) is 5.78 Å². The van der Waals surface area contributed by atoms with Crippen molar-refractivity contribution in [2.24, 2.45) is 0 Å². The van der Waals surface area contributed by atoms with Gasteiger partial charge in [0.1, 0.15) is 0 Å². The number of hydrogen-bond donors (Lipinski definition) is 0. The molecular formula is C15H16OS. The molecule has 1 nitrogen and oxygen atoms in total. The van der Waals surface area contributed by atoms with Gasteiger partial charge in [0.05, 0.1) is 4.88 Å². The zero-order chi connectivity index (χ0) is 12.6. The third-order valence-corrected chi connectivity index (χ3v) is 4.31. The Morgan fingerprint density at radius 1 is 0.941 bits per heavy atom. The molecule has 0 N–H and O–H groups in total. The lowest BCUT2D eigenvalue weighted by atomic mass is 10.0. The Morgan fingerprint density at radius 2 is 1.65 bits per heavy atom. The molecule has 2 heteroatoms. The molecule has 1 heterocycles. The topological polar surface area (TPSA) is 17.1 Å². The Kier molecular flexibility index (Phi) is 3.16. The van der Waals surface area contributed by atoms with Crippen LogP contribution in [0.1, 0.15) is 36.8 Å². The highest BCUT2D eigenvalue weighted by atomic mass is 32.1. The molecule has 88 valence electrons. The number of aryl methyl sites for hydroxylation is 4. The van der Waals surface area contributed by atoms with Gasteiger partial charge in [0, 0.05) is 10.4 Å². The van der Waals surface area contributed by atoms with E-state index in [0.29, 0.717) is 0 Å².